The molecule has 0 heterocycles. The first-order valence-corrected chi connectivity index (χ1v) is 7.11. The lowest BCUT2D eigenvalue weighted by atomic mass is 10.2. The zero-order valence-electron chi connectivity index (χ0n) is 11.2. The van der Waals surface area contributed by atoms with E-state index in [1.165, 1.54) is 0 Å². The first-order valence-electron chi connectivity index (χ1n) is 6.32. The third-order valence-corrected chi connectivity index (χ3v) is 3.38. The Hall–Kier alpha value is -2.06. The molecule has 0 unspecified atom stereocenters. The molecular formula is C18H16BrN. The van der Waals surface area contributed by atoms with Gasteiger partial charge in [-0.25, -0.2) is 0 Å². The van der Waals surface area contributed by atoms with Crippen molar-refractivity contribution in [3.8, 4) is 0 Å². The van der Waals surface area contributed by atoms with Gasteiger partial charge in [-0.05, 0) is 48.6 Å². The highest BCUT2D eigenvalue weighted by Crippen LogP contribution is 2.30. The Morgan fingerprint density at radius 2 is 1.50 bits per heavy atom. The molecular weight excluding hydrogens is 310 g/mol. The van der Waals surface area contributed by atoms with E-state index in [1.807, 2.05) is 42.5 Å². The van der Waals surface area contributed by atoms with E-state index in [4.69, 9.17) is 0 Å². The molecule has 2 heteroatoms. The van der Waals surface area contributed by atoms with Crippen LogP contribution in [0.25, 0.3) is 0 Å². The molecule has 0 saturated carbocycles. The molecule has 0 bridgehead atoms. The lowest BCUT2D eigenvalue weighted by Gasteiger charge is -2.26. The zero-order chi connectivity index (χ0) is 14.4. The molecule has 0 fully saturated rings. The summed E-state index contributed by atoms with van der Waals surface area (Å²) in [6, 6.07) is 18.4. The molecule has 0 aliphatic carbocycles. The summed E-state index contributed by atoms with van der Waals surface area (Å²) in [7, 11) is 0. The third-order valence-electron chi connectivity index (χ3n) is 2.86. The number of nitrogens with zero attached hydrogens (tertiary/aromatic N) is 1. The van der Waals surface area contributed by atoms with Gasteiger partial charge in [-0.1, -0.05) is 53.4 Å². The van der Waals surface area contributed by atoms with Crippen molar-refractivity contribution < 1.29 is 0 Å². The number of hydrogen-bond acceptors (Lipinski definition) is 1. The minimum atomic E-state index is 0.980. The van der Waals surface area contributed by atoms with E-state index in [9.17, 15) is 0 Å². The van der Waals surface area contributed by atoms with Crippen LogP contribution < -0.4 is 4.90 Å². The van der Waals surface area contributed by atoms with Gasteiger partial charge in [-0.15, -0.1) is 0 Å². The number of allylic oxidation sites excluding steroid dienone is 3. The average molecular weight is 326 g/mol. The first kappa shape index (κ1) is 14.4. The maximum Gasteiger partial charge on any atom is 0.0462 e. The highest BCUT2D eigenvalue weighted by atomic mass is 79.9. The molecule has 0 atom stereocenters. The maximum atomic E-state index is 3.90. The van der Waals surface area contributed by atoms with Gasteiger partial charge in [-0.3, -0.25) is 0 Å². The Labute approximate surface area is 128 Å². The predicted molar refractivity (Wildman–Crippen MR) is 91.2 cm³/mol. The second-order valence-corrected chi connectivity index (χ2v) is 5.09. The van der Waals surface area contributed by atoms with E-state index in [0.717, 1.165) is 21.5 Å². The lowest BCUT2D eigenvalue weighted by molar-refractivity contribution is 1.21. The van der Waals surface area contributed by atoms with Gasteiger partial charge in [0.2, 0.25) is 0 Å². The fraction of sp³-hybridized carbons (Fsp3) is 0. The molecule has 0 N–H and O–H groups in total. The summed E-state index contributed by atoms with van der Waals surface area (Å²) in [6.07, 6.45) is 5.55. The van der Waals surface area contributed by atoms with Crippen LogP contribution in [0.1, 0.15) is 0 Å². The molecule has 2 rings (SSSR count). The lowest BCUT2D eigenvalue weighted by Crippen LogP contribution is -2.14. The molecule has 0 aromatic heterocycles. The number of benzene rings is 2. The maximum absolute atomic E-state index is 3.90. The second-order valence-electron chi connectivity index (χ2n) is 4.18. The van der Waals surface area contributed by atoms with Crippen LogP contribution in [-0.2, 0) is 0 Å². The number of para-hydroxylation sites is 1. The van der Waals surface area contributed by atoms with Crippen molar-refractivity contribution in [3.63, 3.8) is 0 Å². The average Bonchev–Trinajstić information content (AvgIpc) is 2.49. The van der Waals surface area contributed by atoms with Crippen molar-refractivity contribution in [2.75, 3.05) is 4.90 Å². The van der Waals surface area contributed by atoms with E-state index in [2.05, 4.69) is 58.3 Å². The summed E-state index contributed by atoms with van der Waals surface area (Å²) in [6.45, 7) is 7.68. The van der Waals surface area contributed by atoms with E-state index >= 15 is 0 Å². The molecule has 0 amide bonds. The smallest absolute Gasteiger partial charge is 0.0462 e. The molecule has 0 saturated heterocycles. The number of rotatable bonds is 5. The number of anilines is 2. The third kappa shape index (κ3) is 3.28. The predicted octanol–water partition coefficient (Wildman–Crippen LogP) is 5.84. The SMILES string of the molecule is C=C/C=C(\C=C)N(c1ccccc1)c1ccc(Br)cc1. The Balaban J connectivity index is 2.54. The first-order chi connectivity index (χ1) is 9.76. The van der Waals surface area contributed by atoms with Gasteiger partial charge in [0, 0.05) is 21.5 Å². The number of hydrogen-bond donors (Lipinski definition) is 0. The monoisotopic (exact) mass is 325 g/mol. The highest BCUT2D eigenvalue weighted by Gasteiger charge is 2.11. The molecule has 0 radical (unpaired) electrons. The van der Waals surface area contributed by atoms with E-state index < -0.39 is 0 Å². The summed E-state index contributed by atoms with van der Waals surface area (Å²) in [5.41, 5.74) is 3.14. The van der Waals surface area contributed by atoms with Gasteiger partial charge in [-0.2, -0.15) is 0 Å². The quantitative estimate of drug-likeness (QED) is 0.624. The van der Waals surface area contributed by atoms with Crippen molar-refractivity contribution >= 4 is 27.3 Å². The Bertz CT molecular complexity index is 612. The normalized spacial score (nSPS) is 10.9. The van der Waals surface area contributed by atoms with Crippen molar-refractivity contribution in [2.24, 2.45) is 0 Å². The summed E-state index contributed by atoms with van der Waals surface area (Å²) < 4.78 is 1.06. The second kappa shape index (κ2) is 6.92. The summed E-state index contributed by atoms with van der Waals surface area (Å²) in [4.78, 5) is 2.14. The molecule has 1 nitrogen and oxygen atoms in total. The minimum absolute atomic E-state index is 0.980. The molecule has 20 heavy (non-hydrogen) atoms. The molecule has 100 valence electrons. The molecule has 0 spiro atoms. The molecule has 0 aliphatic rings. The van der Waals surface area contributed by atoms with Gasteiger partial charge >= 0.3 is 0 Å². The van der Waals surface area contributed by atoms with Crippen LogP contribution in [0, 0.1) is 0 Å². The van der Waals surface area contributed by atoms with Gasteiger partial charge in [0.15, 0.2) is 0 Å². The minimum Gasteiger partial charge on any atom is -0.311 e. The summed E-state index contributed by atoms with van der Waals surface area (Å²) in [5, 5.41) is 0. The van der Waals surface area contributed by atoms with Crippen molar-refractivity contribution in [3.05, 3.63) is 96.2 Å². The van der Waals surface area contributed by atoms with Crippen LogP contribution in [0.3, 0.4) is 0 Å². The Morgan fingerprint density at radius 1 is 0.900 bits per heavy atom. The molecule has 0 aliphatic heterocycles. The number of halogens is 1. The molecule has 2 aromatic carbocycles. The summed E-state index contributed by atoms with van der Waals surface area (Å²) >= 11 is 3.47. The Kier molecular flexibility index (Phi) is 4.97. The van der Waals surface area contributed by atoms with Crippen molar-refractivity contribution in [1.82, 2.24) is 0 Å². The van der Waals surface area contributed by atoms with E-state index in [1.54, 1.807) is 6.08 Å². The van der Waals surface area contributed by atoms with Crippen LogP contribution in [0.4, 0.5) is 11.4 Å². The van der Waals surface area contributed by atoms with Gasteiger partial charge < -0.3 is 4.90 Å². The Morgan fingerprint density at radius 3 is 2.05 bits per heavy atom. The van der Waals surface area contributed by atoms with Gasteiger partial charge in [0.05, 0.1) is 0 Å². The fourth-order valence-electron chi connectivity index (χ4n) is 1.97. The zero-order valence-corrected chi connectivity index (χ0v) is 12.8. The van der Waals surface area contributed by atoms with E-state index in [0.29, 0.717) is 0 Å². The molecule has 2 aromatic rings. The van der Waals surface area contributed by atoms with Crippen LogP contribution >= 0.6 is 15.9 Å². The van der Waals surface area contributed by atoms with E-state index in [-0.39, 0.29) is 0 Å². The van der Waals surface area contributed by atoms with Crippen LogP contribution in [0.5, 0.6) is 0 Å². The van der Waals surface area contributed by atoms with Crippen LogP contribution in [-0.4, -0.2) is 0 Å². The van der Waals surface area contributed by atoms with Gasteiger partial charge in [0.1, 0.15) is 0 Å². The fourth-order valence-corrected chi connectivity index (χ4v) is 2.23. The summed E-state index contributed by atoms with van der Waals surface area (Å²) in [5.74, 6) is 0. The van der Waals surface area contributed by atoms with Gasteiger partial charge in [0.25, 0.3) is 0 Å². The topological polar surface area (TPSA) is 3.24 Å². The highest BCUT2D eigenvalue weighted by molar-refractivity contribution is 9.10. The van der Waals surface area contributed by atoms with Crippen molar-refractivity contribution in [1.29, 1.82) is 0 Å². The van der Waals surface area contributed by atoms with Crippen LogP contribution in [0.15, 0.2) is 96.2 Å². The van der Waals surface area contributed by atoms with Crippen molar-refractivity contribution in [2.45, 2.75) is 0 Å². The largest absolute Gasteiger partial charge is 0.311 e. The van der Waals surface area contributed by atoms with Crippen LogP contribution in [0.2, 0.25) is 0 Å². The standard InChI is InChI=1S/C18H16BrN/c1-3-8-16(4-2)20(17-9-6-5-7-10-17)18-13-11-15(19)12-14-18/h3-14H,1-2H2/b16-8+.